The average molecular weight is 249 g/mol. The quantitative estimate of drug-likeness (QED) is 0.797. The Hall–Kier alpha value is -1.15. The molecule has 0 spiro atoms. The Balaban J connectivity index is 2.74. The predicted molar refractivity (Wildman–Crippen MR) is 77.1 cm³/mol. The molecule has 0 unspecified atom stereocenters. The van der Waals surface area contributed by atoms with Gasteiger partial charge in [-0.05, 0) is 37.9 Å². The fourth-order valence-corrected chi connectivity index (χ4v) is 1.79. The molecule has 2 heteroatoms. The van der Waals surface area contributed by atoms with Crippen LogP contribution < -0.4 is 5.32 Å². The van der Waals surface area contributed by atoms with Crippen molar-refractivity contribution in [3.8, 4) is 0 Å². The maximum atomic E-state index is 13.7. The van der Waals surface area contributed by atoms with E-state index in [2.05, 4.69) is 26.1 Å². The maximum absolute atomic E-state index is 13.7. The van der Waals surface area contributed by atoms with Crippen LogP contribution in [0.1, 0.15) is 38.3 Å². The van der Waals surface area contributed by atoms with E-state index in [0.717, 1.165) is 25.1 Å². The van der Waals surface area contributed by atoms with Gasteiger partial charge in [0.1, 0.15) is 5.82 Å². The highest BCUT2D eigenvalue weighted by atomic mass is 19.1. The van der Waals surface area contributed by atoms with Gasteiger partial charge >= 0.3 is 0 Å². The lowest BCUT2D eigenvalue weighted by Gasteiger charge is -2.10. The molecule has 1 aromatic carbocycles. The lowest BCUT2D eigenvalue weighted by molar-refractivity contribution is 0.569. The smallest absolute Gasteiger partial charge is 0.130 e. The van der Waals surface area contributed by atoms with Gasteiger partial charge in [-0.15, -0.1) is 0 Å². The van der Waals surface area contributed by atoms with Crippen molar-refractivity contribution < 1.29 is 4.39 Å². The Morgan fingerprint density at radius 1 is 1.39 bits per heavy atom. The molecule has 1 nitrogen and oxygen atoms in total. The summed E-state index contributed by atoms with van der Waals surface area (Å²) in [5.74, 6) is 0.495. The third-order valence-corrected chi connectivity index (χ3v) is 2.87. The zero-order chi connectivity index (χ0) is 13.5. The number of aryl methyl sites for hydroxylation is 1. The summed E-state index contributed by atoms with van der Waals surface area (Å²) in [6.45, 7) is 10.3. The Labute approximate surface area is 110 Å². The van der Waals surface area contributed by atoms with Crippen LogP contribution >= 0.6 is 0 Å². The van der Waals surface area contributed by atoms with Gasteiger partial charge in [-0.3, -0.25) is 0 Å². The highest BCUT2D eigenvalue weighted by Crippen LogP contribution is 2.15. The molecule has 0 saturated carbocycles. The molecule has 1 N–H and O–H groups in total. The van der Waals surface area contributed by atoms with Gasteiger partial charge in [-0.1, -0.05) is 44.1 Å². The van der Waals surface area contributed by atoms with Gasteiger partial charge in [0, 0.05) is 12.1 Å². The summed E-state index contributed by atoms with van der Waals surface area (Å²) in [7, 11) is 0. The second-order valence-corrected chi connectivity index (χ2v) is 5.21. The van der Waals surface area contributed by atoms with E-state index in [1.54, 1.807) is 6.07 Å². The molecule has 0 aliphatic carbocycles. The van der Waals surface area contributed by atoms with E-state index >= 15 is 0 Å². The van der Waals surface area contributed by atoms with Crippen molar-refractivity contribution in [3.63, 3.8) is 0 Å². The molecule has 0 bridgehead atoms. The zero-order valence-corrected chi connectivity index (χ0v) is 11.9. The van der Waals surface area contributed by atoms with E-state index in [1.807, 2.05) is 19.1 Å². The number of nitrogens with one attached hydrogen (secondary N) is 1. The maximum Gasteiger partial charge on any atom is 0.130 e. The largest absolute Gasteiger partial charge is 0.313 e. The minimum absolute atomic E-state index is 0.143. The summed E-state index contributed by atoms with van der Waals surface area (Å²) in [5, 5.41) is 3.40. The molecule has 18 heavy (non-hydrogen) atoms. The van der Waals surface area contributed by atoms with Gasteiger partial charge in [0.2, 0.25) is 0 Å². The molecule has 1 aromatic rings. The van der Waals surface area contributed by atoms with Crippen LogP contribution in [0.15, 0.2) is 23.8 Å². The van der Waals surface area contributed by atoms with Crippen molar-refractivity contribution in [2.24, 2.45) is 5.92 Å². The molecule has 0 atom stereocenters. The van der Waals surface area contributed by atoms with Crippen molar-refractivity contribution >= 4 is 6.08 Å². The Morgan fingerprint density at radius 3 is 2.72 bits per heavy atom. The first-order valence-electron chi connectivity index (χ1n) is 6.69. The third kappa shape index (κ3) is 5.01. The van der Waals surface area contributed by atoms with E-state index < -0.39 is 0 Å². The fraction of sp³-hybridized carbons (Fsp3) is 0.500. The normalized spacial score (nSPS) is 12.2. The Kier molecular flexibility index (Phi) is 6.06. The standard InChI is InChI=1S/C16H24FN/c1-5-14(11-18-10-12(2)3)9-15-8-13(4)6-7-16(15)17/h6-9,12,18H,5,10-11H2,1-4H3/b14-9-. The second kappa shape index (κ2) is 7.32. The SMILES string of the molecule is CC/C(=C/c1cc(C)ccc1F)CNCC(C)C. The summed E-state index contributed by atoms with van der Waals surface area (Å²) in [6, 6.07) is 5.23. The van der Waals surface area contributed by atoms with Crippen LogP contribution in [0.3, 0.4) is 0 Å². The van der Waals surface area contributed by atoms with Crippen molar-refractivity contribution in [2.45, 2.75) is 34.1 Å². The molecule has 0 aliphatic rings. The van der Waals surface area contributed by atoms with Crippen molar-refractivity contribution in [1.29, 1.82) is 0 Å². The highest BCUT2D eigenvalue weighted by Gasteiger charge is 2.02. The summed E-state index contributed by atoms with van der Waals surface area (Å²) in [5.41, 5.74) is 3.02. The van der Waals surface area contributed by atoms with Crippen LogP contribution in [0.25, 0.3) is 6.08 Å². The van der Waals surface area contributed by atoms with Crippen LogP contribution in [0, 0.1) is 18.7 Å². The molecule has 0 aromatic heterocycles. The molecule has 0 radical (unpaired) electrons. The van der Waals surface area contributed by atoms with Gasteiger partial charge in [-0.2, -0.15) is 0 Å². The molecule has 0 heterocycles. The van der Waals surface area contributed by atoms with Gasteiger partial charge in [0.15, 0.2) is 0 Å². The summed E-state index contributed by atoms with van der Waals surface area (Å²) in [4.78, 5) is 0. The average Bonchev–Trinajstić information content (AvgIpc) is 2.32. The molecule has 100 valence electrons. The Morgan fingerprint density at radius 2 is 2.11 bits per heavy atom. The van der Waals surface area contributed by atoms with Crippen molar-refractivity contribution in [1.82, 2.24) is 5.32 Å². The lowest BCUT2D eigenvalue weighted by atomic mass is 10.1. The van der Waals surface area contributed by atoms with Crippen LogP contribution in [0.5, 0.6) is 0 Å². The van der Waals surface area contributed by atoms with Gasteiger partial charge in [0.25, 0.3) is 0 Å². The molecule has 0 fully saturated rings. The summed E-state index contributed by atoms with van der Waals surface area (Å²) >= 11 is 0. The summed E-state index contributed by atoms with van der Waals surface area (Å²) < 4.78 is 13.7. The third-order valence-electron chi connectivity index (χ3n) is 2.87. The zero-order valence-electron chi connectivity index (χ0n) is 11.9. The van der Waals surface area contributed by atoms with E-state index in [-0.39, 0.29) is 5.82 Å². The first-order valence-corrected chi connectivity index (χ1v) is 6.69. The van der Waals surface area contributed by atoms with E-state index in [1.165, 1.54) is 11.6 Å². The molecular weight excluding hydrogens is 225 g/mol. The fourth-order valence-electron chi connectivity index (χ4n) is 1.79. The topological polar surface area (TPSA) is 12.0 Å². The first kappa shape index (κ1) is 14.9. The van der Waals surface area contributed by atoms with Crippen LogP contribution in [0.2, 0.25) is 0 Å². The van der Waals surface area contributed by atoms with Crippen LogP contribution in [0.4, 0.5) is 4.39 Å². The molecule has 0 amide bonds. The lowest BCUT2D eigenvalue weighted by Crippen LogP contribution is -2.21. The molecule has 0 saturated heterocycles. The second-order valence-electron chi connectivity index (χ2n) is 5.21. The number of benzene rings is 1. The van der Waals surface area contributed by atoms with Crippen LogP contribution in [-0.2, 0) is 0 Å². The van der Waals surface area contributed by atoms with Crippen molar-refractivity contribution in [3.05, 3.63) is 40.7 Å². The monoisotopic (exact) mass is 249 g/mol. The number of halogens is 1. The minimum atomic E-state index is -0.143. The molecular formula is C16H24FN. The number of hydrogen-bond donors (Lipinski definition) is 1. The minimum Gasteiger partial charge on any atom is -0.313 e. The van der Waals surface area contributed by atoms with Gasteiger partial charge < -0.3 is 5.32 Å². The van der Waals surface area contributed by atoms with Gasteiger partial charge in [0.05, 0.1) is 0 Å². The summed E-state index contributed by atoms with van der Waals surface area (Å²) in [6.07, 6.45) is 2.91. The van der Waals surface area contributed by atoms with E-state index in [0.29, 0.717) is 11.5 Å². The Bertz CT molecular complexity index is 408. The predicted octanol–water partition coefficient (Wildman–Crippen LogP) is 4.17. The van der Waals surface area contributed by atoms with E-state index in [9.17, 15) is 4.39 Å². The number of rotatable bonds is 6. The van der Waals surface area contributed by atoms with Gasteiger partial charge in [-0.25, -0.2) is 4.39 Å². The van der Waals surface area contributed by atoms with Crippen molar-refractivity contribution in [2.75, 3.05) is 13.1 Å². The molecule has 1 rings (SSSR count). The number of hydrogen-bond acceptors (Lipinski definition) is 1. The van der Waals surface area contributed by atoms with Crippen LogP contribution in [-0.4, -0.2) is 13.1 Å². The highest BCUT2D eigenvalue weighted by molar-refractivity contribution is 5.54. The first-order chi connectivity index (χ1) is 8.52. The van der Waals surface area contributed by atoms with E-state index in [4.69, 9.17) is 0 Å². The molecule has 0 aliphatic heterocycles.